The van der Waals surface area contributed by atoms with Gasteiger partial charge in [0.25, 0.3) is 5.78 Å². The molecule has 5 nitrogen and oxygen atoms in total. The molecule has 0 bridgehead atoms. The molecule has 0 unspecified atom stereocenters. The summed E-state index contributed by atoms with van der Waals surface area (Å²) in [5.74, 6) is 4.97. The Balaban J connectivity index is 1.60. The number of hydrogen-bond acceptors (Lipinski definition) is 4. The van der Waals surface area contributed by atoms with Crippen LogP contribution >= 0.6 is 11.6 Å². The van der Waals surface area contributed by atoms with Crippen molar-refractivity contribution in [3.63, 3.8) is 0 Å². The number of aromatic nitrogens is 4. The Labute approximate surface area is 184 Å². The van der Waals surface area contributed by atoms with Crippen molar-refractivity contribution in [1.82, 2.24) is 19.6 Å². The summed E-state index contributed by atoms with van der Waals surface area (Å²) < 4.78 is 55.5. The van der Waals surface area contributed by atoms with Crippen molar-refractivity contribution in [2.24, 2.45) is 5.41 Å². The van der Waals surface area contributed by atoms with Gasteiger partial charge in [-0.05, 0) is 49.2 Å². The maximum absolute atomic E-state index is 14.4. The first-order valence-electron chi connectivity index (χ1n) is 9.60. The summed E-state index contributed by atoms with van der Waals surface area (Å²) in [6.45, 7) is 0. The Hall–Kier alpha value is -3.38. The van der Waals surface area contributed by atoms with Gasteiger partial charge in [-0.1, -0.05) is 23.4 Å². The summed E-state index contributed by atoms with van der Waals surface area (Å²) in [5.41, 5.74) is -0.759. The average molecular weight is 460 g/mol. The Morgan fingerprint density at radius 3 is 2.66 bits per heavy atom. The summed E-state index contributed by atoms with van der Waals surface area (Å²) in [6, 6.07) is 9.12. The number of halogens is 5. The highest BCUT2D eigenvalue weighted by Gasteiger charge is 2.62. The van der Waals surface area contributed by atoms with Gasteiger partial charge in [-0.15, -0.1) is 10.2 Å². The second-order valence-electron chi connectivity index (χ2n) is 7.68. The van der Waals surface area contributed by atoms with Gasteiger partial charge >= 0.3 is 6.18 Å². The number of nitrogens with zero attached hydrogens (tertiary/aromatic N) is 5. The lowest BCUT2D eigenvalue weighted by Gasteiger charge is -2.21. The fourth-order valence-electron chi connectivity index (χ4n) is 3.54. The second-order valence-corrected chi connectivity index (χ2v) is 8.12. The molecule has 2 aromatic carbocycles. The molecule has 1 aliphatic carbocycles. The number of rotatable bonds is 2. The van der Waals surface area contributed by atoms with Gasteiger partial charge in [0.1, 0.15) is 23.4 Å². The monoisotopic (exact) mass is 459 g/mol. The highest BCUT2D eigenvalue weighted by atomic mass is 35.5. The molecule has 32 heavy (non-hydrogen) atoms. The van der Waals surface area contributed by atoms with Crippen LogP contribution in [0.5, 0.6) is 0 Å². The molecule has 0 radical (unpaired) electrons. The molecule has 0 N–H and O–H groups in total. The summed E-state index contributed by atoms with van der Waals surface area (Å²) in [6.07, 6.45) is -2.97. The van der Waals surface area contributed by atoms with Crippen LogP contribution in [0.15, 0.2) is 42.7 Å². The van der Waals surface area contributed by atoms with Crippen LogP contribution in [0.2, 0.25) is 5.02 Å². The van der Waals surface area contributed by atoms with E-state index < -0.39 is 17.4 Å². The van der Waals surface area contributed by atoms with Crippen molar-refractivity contribution >= 4 is 39.8 Å². The average Bonchev–Trinajstić information content (AvgIpc) is 3.40. The zero-order valence-corrected chi connectivity index (χ0v) is 17.3. The van der Waals surface area contributed by atoms with Crippen molar-refractivity contribution in [3.05, 3.63) is 59.1 Å². The van der Waals surface area contributed by atoms with E-state index >= 15 is 0 Å². The molecule has 0 atom stereocenters. The normalized spacial score (nSPS) is 14.9. The topological polar surface area (TPSA) is 46.3 Å². The van der Waals surface area contributed by atoms with Gasteiger partial charge in [-0.25, -0.2) is 4.39 Å². The molecule has 2 aromatic heterocycles. The minimum absolute atomic E-state index is 0.0393. The third-order valence-corrected chi connectivity index (χ3v) is 5.76. The summed E-state index contributed by atoms with van der Waals surface area (Å²) in [7, 11) is 1.67. The van der Waals surface area contributed by atoms with E-state index in [0.29, 0.717) is 33.2 Å². The fraction of sp³-hybridized carbons (Fsp3) is 0.227. The number of fused-ring (bicyclic) bond motifs is 3. The predicted octanol–water partition coefficient (Wildman–Crippen LogP) is 5.53. The van der Waals surface area contributed by atoms with Crippen LogP contribution in [0.4, 0.5) is 29.1 Å². The SMILES string of the molecule is CN(c1cc(F)cc(C#CC2(C(F)(F)F)CC2)c1)c1nc2nncn2c2cc(Cl)ccc12. The summed E-state index contributed by atoms with van der Waals surface area (Å²) >= 11 is 6.15. The van der Waals surface area contributed by atoms with Crippen LogP contribution < -0.4 is 4.90 Å². The standard InChI is InChI=1S/C22H14ClF4N5/c1-31(19-17-3-2-14(23)10-18(17)32-12-28-30-20(32)29-19)16-9-13(8-15(24)11-16)4-5-21(6-7-21)22(25,26)27/h2-3,8-12H,6-7H2,1H3. The molecular weight excluding hydrogens is 446 g/mol. The predicted molar refractivity (Wildman–Crippen MR) is 112 cm³/mol. The molecule has 10 heteroatoms. The smallest absolute Gasteiger partial charge is 0.329 e. The quantitative estimate of drug-likeness (QED) is 0.292. The minimum atomic E-state index is -4.40. The first-order valence-corrected chi connectivity index (χ1v) is 9.98. The molecule has 0 saturated heterocycles. The first kappa shape index (κ1) is 20.5. The molecule has 162 valence electrons. The van der Waals surface area contributed by atoms with E-state index in [-0.39, 0.29) is 18.4 Å². The van der Waals surface area contributed by atoms with E-state index in [1.54, 1.807) is 34.5 Å². The Morgan fingerprint density at radius 2 is 1.94 bits per heavy atom. The molecule has 0 spiro atoms. The van der Waals surface area contributed by atoms with Crippen LogP contribution in [-0.2, 0) is 0 Å². The number of hydrogen-bond donors (Lipinski definition) is 0. The number of benzene rings is 2. The van der Waals surface area contributed by atoms with Gasteiger partial charge in [-0.2, -0.15) is 18.2 Å². The Kier molecular flexibility index (Phi) is 4.53. The fourth-order valence-corrected chi connectivity index (χ4v) is 3.70. The lowest BCUT2D eigenvalue weighted by atomic mass is 10.1. The maximum atomic E-state index is 14.4. The maximum Gasteiger partial charge on any atom is 0.405 e. The van der Waals surface area contributed by atoms with Crippen molar-refractivity contribution in [1.29, 1.82) is 0 Å². The van der Waals surface area contributed by atoms with E-state index in [2.05, 4.69) is 27.0 Å². The van der Waals surface area contributed by atoms with Crippen molar-refractivity contribution in [3.8, 4) is 11.8 Å². The van der Waals surface area contributed by atoms with Gasteiger partial charge in [0.2, 0.25) is 0 Å². The Morgan fingerprint density at radius 1 is 1.16 bits per heavy atom. The van der Waals surface area contributed by atoms with E-state index in [9.17, 15) is 17.6 Å². The third-order valence-electron chi connectivity index (χ3n) is 5.52. The lowest BCUT2D eigenvalue weighted by molar-refractivity contribution is -0.168. The van der Waals surface area contributed by atoms with Gasteiger partial charge < -0.3 is 4.90 Å². The minimum Gasteiger partial charge on any atom is -0.329 e. The van der Waals surface area contributed by atoms with Crippen LogP contribution in [0.1, 0.15) is 18.4 Å². The molecular formula is C22H14ClF4N5. The molecule has 1 aliphatic rings. The zero-order chi connectivity index (χ0) is 22.7. The third kappa shape index (κ3) is 3.41. The van der Waals surface area contributed by atoms with Crippen molar-refractivity contribution in [2.75, 3.05) is 11.9 Å². The molecule has 4 aromatic rings. The van der Waals surface area contributed by atoms with Gasteiger partial charge in [-0.3, -0.25) is 4.40 Å². The van der Waals surface area contributed by atoms with E-state index in [4.69, 9.17) is 11.6 Å². The number of alkyl halides is 3. The molecule has 0 amide bonds. The van der Waals surface area contributed by atoms with Crippen LogP contribution in [0.25, 0.3) is 16.7 Å². The zero-order valence-electron chi connectivity index (χ0n) is 16.6. The van der Waals surface area contributed by atoms with Crippen LogP contribution in [0, 0.1) is 23.1 Å². The largest absolute Gasteiger partial charge is 0.405 e. The lowest BCUT2D eigenvalue weighted by Crippen LogP contribution is -2.22. The highest BCUT2D eigenvalue weighted by Crippen LogP contribution is 2.57. The van der Waals surface area contributed by atoms with E-state index in [1.807, 2.05) is 0 Å². The molecule has 5 rings (SSSR count). The Bertz CT molecular complexity index is 1430. The molecule has 1 saturated carbocycles. The van der Waals surface area contributed by atoms with Crippen LogP contribution in [0.3, 0.4) is 0 Å². The van der Waals surface area contributed by atoms with Crippen molar-refractivity contribution < 1.29 is 17.6 Å². The highest BCUT2D eigenvalue weighted by molar-refractivity contribution is 6.31. The van der Waals surface area contributed by atoms with Gasteiger partial charge in [0, 0.05) is 28.7 Å². The molecule has 0 aliphatic heterocycles. The summed E-state index contributed by atoms with van der Waals surface area (Å²) in [4.78, 5) is 6.14. The molecule has 1 fully saturated rings. The van der Waals surface area contributed by atoms with Gasteiger partial charge in [0.05, 0.1) is 5.52 Å². The molecule has 2 heterocycles. The van der Waals surface area contributed by atoms with Crippen LogP contribution in [-0.4, -0.2) is 32.8 Å². The van der Waals surface area contributed by atoms with E-state index in [0.717, 1.165) is 6.07 Å². The first-order chi connectivity index (χ1) is 15.2. The van der Waals surface area contributed by atoms with Crippen molar-refractivity contribution in [2.45, 2.75) is 19.0 Å². The summed E-state index contributed by atoms with van der Waals surface area (Å²) in [5, 5.41) is 9.07. The van der Waals surface area contributed by atoms with E-state index in [1.165, 1.54) is 18.5 Å². The second kappa shape index (κ2) is 7.07. The number of anilines is 2. The van der Waals surface area contributed by atoms with Gasteiger partial charge in [0.15, 0.2) is 0 Å².